The first kappa shape index (κ1) is 46.5. The summed E-state index contributed by atoms with van der Waals surface area (Å²) >= 11 is 0. The molecular formula is C49H52N4O8. The molecule has 0 spiro atoms. The van der Waals surface area contributed by atoms with Crippen LogP contribution in [0.1, 0.15) is 51.7 Å². The van der Waals surface area contributed by atoms with Crippen LogP contribution in [0.2, 0.25) is 0 Å². The minimum absolute atomic E-state index is 0.103. The molecule has 0 saturated heterocycles. The van der Waals surface area contributed by atoms with Gasteiger partial charge in [0.1, 0.15) is 49.7 Å². The normalized spacial score (nSPS) is 17.5. The average molecular weight is 825 g/mol. The number of likely N-dealkylation sites (N-methyl/N-ethyl adjacent to an activating group) is 1. The first-order valence-corrected chi connectivity index (χ1v) is 19.7. The summed E-state index contributed by atoms with van der Waals surface area (Å²) in [6, 6.07) is 20.8. The molecule has 2 atom stereocenters. The molecule has 2 aliphatic rings. The highest BCUT2D eigenvalue weighted by molar-refractivity contribution is 5.93. The maximum atomic E-state index is 12.5. The summed E-state index contributed by atoms with van der Waals surface area (Å²) < 4.78 is 19.8. The van der Waals surface area contributed by atoms with Crippen molar-refractivity contribution >= 4 is 35.3 Å². The van der Waals surface area contributed by atoms with Crippen molar-refractivity contribution in [1.82, 2.24) is 0 Å². The van der Waals surface area contributed by atoms with Crippen molar-refractivity contribution in [2.45, 2.75) is 46.0 Å². The zero-order valence-electron chi connectivity index (χ0n) is 35.6. The van der Waals surface area contributed by atoms with Crippen LogP contribution in [0.3, 0.4) is 0 Å². The molecule has 0 aliphatic heterocycles. The Bertz CT molecular complexity index is 2280. The highest BCUT2D eigenvalue weighted by atomic mass is 16.6. The molecule has 2 aromatic carbocycles. The molecule has 2 aromatic rings. The van der Waals surface area contributed by atoms with Crippen LogP contribution >= 0.6 is 0 Å². The lowest BCUT2D eigenvalue weighted by Crippen LogP contribution is -2.24. The van der Waals surface area contributed by atoms with Gasteiger partial charge in [0.05, 0.1) is 0 Å². The first-order valence-electron chi connectivity index (χ1n) is 19.7. The SMILES string of the molecule is C=CC(=O)OCCOC(=O)/C(C#N)=C/C1=CC=C(N(C)c2ccc(C(C)(C)c3ccc(N(C)C4=CCC(C)(/C=C(\C#N)C(=O)OCCOC(=O)C=C)C=C4)cc3)cc2)C(C)C1. The molecular weight excluding hydrogens is 773 g/mol. The van der Waals surface area contributed by atoms with Gasteiger partial charge in [0, 0.05) is 65.8 Å². The molecule has 0 radical (unpaired) electrons. The molecule has 4 rings (SSSR count). The Balaban J connectivity index is 1.37. The van der Waals surface area contributed by atoms with E-state index in [1.807, 2.05) is 57.5 Å². The van der Waals surface area contributed by atoms with E-state index in [-0.39, 0.29) is 48.9 Å². The lowest BCUT2D eigenvalue weighted by atomic mass is 9.78. The molecule has 12 nitrogen and oxygen atoms in total. The maximum absolute atomic E-state index is 12.5. The fourth-order valence-corrected chi connectivity index (χ4v) is 6.81. The minimum atomic E-state index is -0.779. The predicted octanol–water partition coefficient (Wildman–Crippen LogP) is 8.03. The van der Waals surface area contributed by atoms with Crippen molar-refractivity contribution in [2.75, 3.05) is 50.3 Å². The van der Waals surface area contributed by atoms with Gasteiger partial charge in [-0.1, -0.05) is 83.3 Å². The molecule has 2 aliphatic carbocycles. The predicted molar refractivity (Wildman–Crippen MR) is 233 cm³/mol. The molecule has 0 aromatic heterocycles. The van der Waals surface area contributed by atoms with Gasteiger partial charge in [-0.05, 0) is 78.1 Å². The van der Waals surface area contributed by atoms with Crippen LogP contribution in [0.5, 0.6) is 0 Å². The first-order chi connectivity index (χ1) is 29.0. The number of esters is 4. The van der Waals surface area contributed by atoms with E-state index in [9.17, 15) is 29.7 Å². The van der Waals surface area contributed by atoms with Crippen molar-refractivity contribution in [3.05, 3.63) is 156 Å². The number of rotatable bonds is 18. The van der Waals surface area contributed by atoms with E-state index in [0.717, 1.165) is 51.6 Å². The third kappa shape index (κ3) is 12.4. The van der Waals surface area contributed by atoms with E-state index in [2.05, 4.69) is 98.3 Å². The quantitative estimate of drug-likeness (QED) is 0.0469. The van der Waals surface area contributed by atoms with Crippen LogP contribution in [0.15, 0.2) is 144 Å². The highest BCUT2D eigenvalue weighted by Crippen LogP contribution is 2.37. The van der Waals surface area contributed by atoms with E-state index >= 15 is 0 Å². The second kappa shape index (κ2) is 21.2. The second-order valence-electron chi connectivity index (χ2n) is 15.3. The number of hydrogen-bond donors (Lipinski definition) is 0. The number of allylic oxidation sites excluding steroid dienone is 9. The molecule has 0 amide bonds. The monoisotopic (exact) mass is 824 g/mol. The zero-order valence-corrected chi connectivity index (χ0v) is 35.6. The van der Waals surface area contributed by atoms with Gasteiger partial charge >= 0.3 is 23.9 Å². The maximum Gasteiger partial charge on any atom is 0.349 e. The van der Waals surface area contributed by atoms with Crippen LogP contribution in [0.4, 0.5) is 11.4 Å². The molecule has 2 unspecified atom stereocenters. The van der Waals surface area contributed by atoms with Crippen LogP contribution in [0, 0.1) is 34.0 Å². The molecule has 0 heterocycles. The van der Waals surface area contributed by atoms with E-state index in [1.54, 1.807) is 6.08 Å². The van der Waals surface area contributed by atoms with Gasteiger partial charge in [0.15, 0.2) is 0 Å². The number of hydrogen-bond acceptors (Lipinski definition) is 12. The lowest BCUT2D eigenvalue weighted by Gasteiger charge is -2.31. The Morgan fingerprint density at radius 2 is 1.28 bits per heavy atom. The van der Waals surface area contributed by atoms with Gasteiger partial charge in [0.25, 0.3) is 0 Å². The number of carbonyl (C=O) groups excluding carboxylic acids is 4. The smallest absolute Gasteiger partial charge is 0.349 e. The Hall–Kier alpha value is -7.18. The van der Waals surface area contributed by atoms with Crippen LogP contribution in [-0.4, -0.2) is 64.4 Å². The molecule has 61 heavy (non-hydrogen) atoms. The van der Waals surface area contributed by atoms with Crippen molar-refractivity contribution in [2.24, 2.45) is 11.3 Å². The topological polar surface area (TPSA) is 159 Å². The third-order valence-electron chi connectivity index (χ3n) is 10.6. The molecule has 0 N–H and O–H groups in total. The van der Waals surface area contributed by atoms with Gasteiger partial charge < -0.3 is 28.7 Å². The molecule has 316 valence electrons. The summed E-state index contributed by atoms with van der Waals surface area (Å²) in [6.45, 7) is 14.4. The van der Waals surface area contributed by atoms with Crippen molar-refractivity contribution in [1.29, 1.82) is 10.5 Å². The van der Waals surface area contributed by atoms with Gasteiger partial charge in [-0.2, -0.15) is 10.5 Å². The fourth-order valence-electron chi connectivity index (χ4n) is 6.81. The lowest BCUT2D eigenvalue weighted by molar-refractivity contribution is -0.146. The third-order valence-corrected chi connectivity index (χ3v) is 10.6. The van der Waals surface area contributed by atoms with Crippen LogP contribution in [-0.2, 0) is 43.5 Å². The van der Waals surface area contributed by atoms with Gasteiger partial charge in [0.2, 0.25) is 0 Å². The summed E-state index contributed by atoms with van der Waals surface area (Å²) in [6.07, 6.45) is 16.3. The van der Waals surface area contributed by atoms with Gasteiger partial charge in [-0.3, -0.25) is 0 Å². The summed E-state index contributed by atoms with van der Waals surface area (Å²) in [7, 11) is 4.02. The number of anilines is 2. The van der Waals surface area contributed by atoms with E-state index in [0.29, 0.717) is 12.8 Å². The number of ether oxygens (including phenoxy) is 4. The summed E-state index contributed by atoms with van der Waals surface area (Å²) in [5.74, 6) is -2.70. The summed E-state index contributed by atoms with van der Waals surface area (Å²) in [5.41, 5.74) is 6.09. The van der Waals surface area contributed by atoms with Crippen LogP contribution < -0.4 is 9.80 Å². The Morgan fingerprint density at radius 3 is 1.74 bits per heavy atom. The summed E-state index contributed by atoms with van der Waals surface area (Å²) in [5, 5.41) is 19.2. The summed E-state index contributed by atoms with van der Waals surface area (Å²) in [4.78, 5) is 51.5. The van der Waals surface area contributed by atoms with Crippen molar-refractivity contribution in [3.8, 4) is 12.1 Å². The number of nitriles is 2. The van der Waals surface area contributed by atoms with Gasteiger partial charge in [-0.15, -0.1) is 0 Å². The molecule has 0 saturated carbocycles. The van der Waals surface area contributed by atoms with E-state index in [1.165, 1.54) is 6.08 Å². The second-order valence-corrected chi connectivity index (χ2v) is 15.3. The van der Waals surface area contributed by atoms with E-state index < -0.39 is 29.3 Å². The zero-order chi connectivity index (χ0) is 44.7. The number of nitrogens with zero attached hydrogens (tertiary/aromatic N) is 4. The van der Waals surface area contributed by atoms with Crippen molar-refractivity contribution < 1.29 is 38.1 Å². The Labute approximate surface area is 358 Å². The molecule has 12 heteroatoms. The van der Waals surface area contributed by atoms with Crippen molar-refractivity contribution in [3.63, 3.8) is 0 Å². The van der Waals surface area contributed by atoms with Gasteiger partial charge in [-0.25, -0.2) is 19.2 Å². The fraction of sp³-hybridized carbons (Fsp3) is 0.306. The molecule has 0 bridgehead atoms. The standard InChI is InChI=1S/C49H52N4O8/c1-9-44(54)58-25-27-60-46(56)36(32-50)30-35-11-20-43(34(3)29-35)53(8)41-18-14-39(15-19-41)48(4,5)38-12-16-40(17-13-38)52(7)42-21-23-49(6,24-22-42)31-37(33-51)47(57)61-28-26-59-45(55)10-2/h9-23,30-31,34H,1-2,24-29H2,3-8H3/b36-30+,37-31+. The van der Waals surface area contributed by atoms with Crippen LogP contribution in [0.25, 0.3) is 0 Å². The average Bonchev–Trinajstić information content (AvgIpc) is 3.27. The molecule has 0 fully saturated rings. The Morgan fingerprint density at radius 1 is 0.787 bits per heavy atom. The number of benzene rings is 2. The number of carbonyl (C=O) groups is 4. The van der Waals surface area contributed by atoms with E-state index in [4.69, 9.17) is 18.9 Å². The largest absolute Gasteiger partial charge is 0.459 e. The highest BCUT2D eigenvalue weighted by Gasteiger charge is 2.27. The minimum Gasteiger partial charge on any atom is -0.459 e. The Kier molecular flexibility index (Phi) is 16.2.